The molecule has 264 valence electrons. The van der Waals surface area contributed by atoms with Gasteiger partial charge in [-0.05, 0) is 70.7 Å². The Morgan fingerprint density at radius 3 is 2.21 bits per heavy atom. The molecule has 0 bridgehead atoms. The highest BCUT2D eigenvalue weighted by Gasteiger charge is 2.26. The van der Waals surface area contributed by atoms with Crippen LogP contribution in [0.2, 0.25) is 0 Å². The van der Waals surface area contributed by atoms with E-state index in [1.807, 2.05) is 74.6 Å². The molecule has 3 heterocycles. The minimum atomic E-state index is 0.579. The lowest BCUT2D eigenvalue weighted by Crippen LogP contribution is -2.34. The van der Waals surface area contributed by atoms with Crippen LogP contribution in [0.4, 0.5) is 0 Å². The maximum atomic E-state index is 6.12. The molecule has 1 aliphatic heterocycles. The number of imidazole rings is 1. The Morgan fingerprint density at radius 1 is 0.875 bits per heavy atom. The molecule has 48 heavy (non-hydrogen) atoms. The van der Waals surface area contributed by atoms with E-state index < -0.39 is 0 Å². The molecular weight excluding hydrogens is 596 g/mol. The van der Waals surface area contributed by atoms with E-state index in [9.17, 15) is 0 Å². The molecule has 5 rings (SSSR count). The fourth-order valence-electron chi connectivity index (χ4n) is 6.21. The monoisotopic (exact) mass is 658 g/mol. The summed E-state index contributed by atoms with van der Waals surface area (Å²) in [5.41, 5.74) is 12.5. The van der Waals surface area contributed by atoms with E-state index in [0.29, 0.717) is 13.2 Å². The summed E-state index contributed by atoms with van der Waals surface area (Å²) in [5, 5.41) is 4.61. The highest BCUT2D eigenvalue weighted by Crippen LogP contribution is 2.35. The predicted octanol–water partition coefficient (Wildman–Crippen LogP) is 8.91. The maximum Gasteiger partial charge on any atom is 0.146 e. The van der Waals surface area contributed by atoms with Crippen molar-refractivity contribution in [2.45, 2.75) is 109 Å². The Balaban J connectivity index is 0.00000126. The molecule has 8 nitrogen and oxygen atoms in total. The molecule has 0 spiro atoms. The molecule has 0 fully saturated rings. The quantitative estimate of drug-likeness (QED) is 0.122. The summed E-state index contributed by atoms with van der Waals surface area (Å²) in [6.45, 7) is 27.2. The van der Waals surface area contributed by atoms with Crippen molar-refractivity contribution in [3.05, 3.63) is 94.3 Å². The molecule has 0 atom stereocenters. The van der Waals surface area contributed by atoms with Crippen LogP contribution < -0.4 is 14.9 Å². The number of rotatable bonds is 12. The van der Waals surface area contributed by atoms with E-state index in [1.165, 1.54) is 28.1 Å². The largest absolute Gasteiger partial charge is 0.494 e. The number of aromatic nitrogens is 3. The van der Waals surface area contributed by atoms with Gasteiger partial charge in [0.05, 0.1) is 31.2 Å². The van der Waals surface area contributed by atoms with Crippen LogP contribution in [0, 0.1) is 13.8 Å². The number of nitrogens with one attached hydrogen (secondary N) is 1. The van der Waals surface area contributed by atoms with Gasteiger partial charge in [-0.25, -0.2) is 4.98 Å². The van der Waals surface area contributed by atoms with Crippen molar-refractivity contribution < 1.29 is 9.47 Å². The number of ether oxygens (including phenoxy) is 2. The van der Waals surface area contributed by atoms with Crippen LogP contribution in [0.1, 0.15) is 102 Å². The normalized spacial score (nSPS) is 12.4. The number of aryl methyl sites for hydroxylation is 2. The molecule has 0 unspecified atom stereocenters. The first-order valence-corrected chi connectivity index (χ1v) is 18.1. The van der Waals surface area contributed by atoms with Crippen molar-refractivity contribution in [2.24, 2.45) is 5.10 Å². The maximum absolute atomic E-state index is 6.12. The summed E-state index contributed by atoms with van der Waals surface area (Å²) < 4.78 is 16.6. The standard InChI is InChI=1S/C34H44N6O2.3C2H6/c1-7-41-29-16-17-31(32(20-29)42-8-2)40-25(4)30(34(26(40)5)24(3)37-35-6)22-38-18-19-39-28(21-36-33(39)23-38)15-14-27-12-10-9-11-13-27;3*1-2/h9-13,16-17,20-21,35H,7-8,14-15,18-19,22-23H2,1-6H3;3*1-2H3/b37-24-;;;. The average Bonchev–Trinajstić information content (AvgIpc) is 3.64. The van der Waals surface area contributed by atoms with Gasteiger partial charge in [0.15, 0.2) is 0 Å². The number of benzene rings is 2. The van der Waals surface area contributed by atoms with Gasteiger partial charge in [0.2, 0.25) is 0 Å². The van der Waals surface area contributed by atoms with E-state index in [-0.39, 0.29) is 0 Å². The van der Waals surface area contributed by atoms with Gasteiger partial charge < -0.3 is 24.0 Å². The van der Waals surface area contributed by atoms with Gasteiger partial charge in [0.1, 0.15) is 17.3 Å². The smallest absolute Gasteiger partial charge is 0.146 e. The molecular formula is C40H62N6O2. The Hall–Kier alpha value is -4.04. The molecule has 4 aromatic rings. The molecule has 0 radical (unpaired) electrons. The van der Waals surface area contributed by atoms with Crippen LogP contribution in [0.25, 0.3) is 5.69 Å². The van der Waals surface area contributed by atoms with Gasteiger partial charge in [-0.1, -0.05) is 71.9 Å². The second kappa shape index (κ2) is 21.0. The Labute approximate surface area is 291 Å². The molecule has 2 aromatic carbocycles. The van der Waals surface area contributed by atoms with E-state index in [4.69, 9.17) is 14.5 Å². The van der Waals surface area contributed by atoms with Gasteiger partial charge in [-0.2, -0.15) is 5.10 Å². The SMILES string of the molecule is CC.CC.CC.CCOc1ccc(-n2c(C)c(CN3CCn4c(CCc5ccccc5)cnc4C3)c(/C(C)=N\NC)c2C)c(OCC)c1. The van der Waals surface area contributed by atoms with Gasteiger partial charge >= 0.3 is 0 Å². The molecule has 8 heteroatoms. The third kappa shape index (κ3) is 9.75. The molecule has 1 N–H and O–H groups in total. The number of fused-ring (bicyclic) bond motifs is 1. The lowest BCUT2D eigenvalue weighted by molar-refractivity contribution is 0.206. The predicted molar refractivity (Wildman–Crippen MR) is 203 cm³/mol. The van der Waals surface area contributed by atoms with Crippen molar-refractivity contribution in [2.75, 3.05) is 26.8 Å². The van der Waals surface area contributed by atoms with Crippen LogP contribution in [-0.4, -0.2) is 51.5 Å². The molecule has 1 aliphatic rings. The van der Waals surface area contributed by atoms with Crippen LogP contribution >= 0.6 is 0 Å². The van der Waals surface area contributed by atoms with E-state index in [2.05, 4.69) is 87.9 Å². The Bertz CT molecular complexity index is 1540. The van der Waals surface area contributed by atoms with Gasteiger partial charge in [0.25, 0.3) is 0 Å². The van der Waals surface area contributed by atoms with Crippen molar-refractivity contribution in [3.63, 3.8) is 0 Å². The number of hydrazone groups is 1. The minimum absolute atomic E-state index is 0.579. The second-order valence-corrected chi connectivity index (χ2v) is 10.8. The minimum Gasteiger partial charge on any atom is -0.494 e. The zero-order valence-corrected chi connectivity index (χ0v) is 31.9. The second-order valence-electron chi connectivity index (χ2n) is 10.8. The highest BCUT2D eigenvalue weighted by molar-refractivity contribution is 6.01. The van der Waals surface area contributed by atoms with Crippen molar-refractivity contribution in [1.82, 2.24) is 24.4 Å². The first-order chi connectivity index (χ1) is 23.4. The van der Waals surface area contributed by atoms with Crippen molar-refractivity contribution in [3.8, 4) is 17.2 Å². The third-order valence-corrected chi connectivity index (χ3v) is 8.12. The zero-order valence-electron chi connectivity index (χ0n) is 31.9. The van der Waals surface area contributed by atoms with Crippen LogP contribution in [0.15, 0.2) is 59.8 Å². The average molecular weight is 659 g/mol. The lowest BCUT2D eigenvalue weighted by Gasteiger charge is -2.29. The van der Waals surface area contributed by atoms with Crippen molar-refractivity contribution in [1.29, 1.82) is 0 Å². The van der Waals surface area contributed by atoms with Gasteiger partial charge in [-0.15, -0.1) is 0 Å². The topological polar surface area (TPSA) is 68.8 Å². The van der Waals surface area contributed by atoms with Crippen LogP contribution in [0.3, 0.4) is 0 Å². The van der Waals surface area contributed by atoms with E-state index in [0.717, 1.165) is 73.4 Å². The van der Waals surface area contributed by atoms with Gasteiger partial charge in [-0.3, -0.25) is 4.90 Å². The summed E-state index contributed by atoms with van der Waals surface area (Å²) in [5.74, 6) is 2.77. The first kappa shape index (κ1) is 40.1. The fraction of sp³-hybridized carbons (Fsp3) is 0.500. The molecule has 0 amide bonds. The lowest BCUT2D eigenvalue weighted by atomic mass is 10.0. The van der Waals surface area contributed by atoms with Crippen molar-refractivity contribution >= 4 is 5.71 Å². The first-order valence-electron chi connectivity index (χ1n) is 18.1. The number of nitrogens with zero attached hydrogens (tertiary/aromatic N) is 5. The Kier molecular flexibility index (Phi) is 17.6. The summed E-state index contributed by atoms with van der Waals surface area (Å²) in [7, 11) is 1.85. The van der Waals surface area contributed by atoms with Gasteiger partial charge in [0, 0.05) is 61.6 Å². The summed E-state index contributed by atoms with van der Waals surface area (Å²) >= 11 is 0. The highest BCUT2D eigenvalue weighted by atomic mass is 16.5. The number of hydrogen-bond acceptors (Lipinski definition) is 6. The number of hydrogen-bond donors (Lipinski definition) is 1. The molecule has 0 aliphatic carbocycles. The van der Waals surface area contributed by atoms with E-state index >= 15 is 0 Å². The molecule has 2 aromatic heterocycles. The Morgan fingerprint density at radius 2 is 1.56 bits per heavy atom. The van der Waals surface area contributed by atoms with E-state index in [1.54, 1.807) is 0 Å². The summed E-state index contributed by atoms with van der Waals surface area (Å²) in [6.07, 6.45) is 4.11. The fourth-order valence-corrected chi connectivity index (χ4v) is 6.21. The van der Waals surface area contributed by atoms with Crippen LogP contribution in [-0.2, 0) is 32.5 Å². The summed E-state index contributed by atoms with van der Waals surface area (Å²) in [6, 6.07) is 16.8. The molecule has 0 saturated carbocycles. The summed E-state index contributed by atoms with van der Waals surface area (Å²) in [4.78, 5) is 7.36. The third-order valence-electron chi connectivity index (χ3n) is 8.12. The zero-order chi connectivity index (χ0) is 35.6. The van der Waals surface area contributed by atoms with Crippen LogP contribution in [0.5, 0.6) is 11.5 Å². The molecule has 0 saturated heterocycles.